The molecule has 1 aliphatic rings. The maximum absolute atomic E-state index is 13.7. The van der Waals surface area contributed by atoms with Crippen molar-refractivity contribution in [3.05, 3.63) is 29.8 Å². The molecule has 0 aromatic heterocycles. The highest BCUT2D eigenvalue weighted by Gasteiger charge is 2.52. The molecule has 24 heavy (non-hydrogen) atoms. The van der Waals surface area contributed by atoms with Crippen molar-refractivity contribution in [2.45, 2.75) is 64.4 Å². The molecule has 134 valence electrons. The molecule has 1 amide bonds. The van der Waals surface area contributed by atoms with Crippen molar-refractivity contribution >= 4 is 5.91 Å². The molecule has 1 aromatic rings. The molecule has 1 N–H and O–H groups in total. The minimum absolute atomic E-state index is 0.0186. The maximum Gasteiger partial charge on any atom is 0.409 e. The molecule has 1 aromatic carbocycles. The number of hydrazine groups is 1. The molecule has 0 unspecified atom stereocenters. The number of carbonyl (C=O) groups excluding carboxylic acids is 1. The number of carbonyl (C=O) groups is 1. The molecule has 0 bridgehead atoms. The number of hydrogen-bond donors (Lipinski definition) is 1. The van der Waals surface area contributed by atoms with Crippen molar-refractivity contribution in [2.75, 3.05) is 0 Å². The Labute approximate surface area is 139 Å². The van der Waals surface area contributed by atoms with Gasteiger partial charge in [0.2, 0.25) is 5.91 Å². The van der Waals surface area contributed by atoms with Crippen LogP contribution in [-0.2, 0) is 4.79 Å². The molecule has 0 spiro atoms. The molecular weight excluding hydrogens is 321 g/mol. The summed E-state index contributed by atoms with van der Waals surface area (Å²) >= 11 is 0. The van der Waals surface area contributed by atoms with Crippen LogP contribution in [0.25, 0.3) is 0 Å². The molecule has 1 saturated heterocycles. The summed E-state index contributed by atoms with van der Waals surface area (Å²) in [5.41, 5.74) is 1.03. The number of rotatable bonds is 3. The van der Waals surface area contributed by atoms with Gasteiger partial charge in [0.1, 0.15) is 11.4 Å². The summed E-state index contributed by atoms with van der Waals surface area (Å²) in [5, 5.41) is 0.995. The van der Waals surface area contributed by atoms with E-state index in [1.54, 1.807) is 13.8 Å². The molecular formula is C17H23F3N2O2. The van der Waals surface area contributed by atoms with E-state index in [9.17, 15) is 18.0 Å². The third kappa shape index (κ3) is 4.20. The van der Waals surface area contributed by atoms with E-state index < -0.39 is 29.3 Å². The molecule has 2 rings (SSSR count). The Morgan fingerprint density at radius 3 is 2.08 bits per heavy atom. The van der Waals surface area contributed by atoms with Crippen molar-refractivity contribution in [1.82, 2.24) is 10.4 Å². The van der Waals surface area contributed by atoms with Crippen LogP contribution >= 0.6 is 0 Å². The number of nitrogens with zero attached hydrogens (tertiary/aromatic N) is 1. The van der Waals surface area contributed by atoms with Gasteiger partial charge >= 0.3 is 6.18 Å². The van der Waals surface area contributed by atoms with Gasteiger partial charge < -0.3 is 4.74 Å². The van der Waals surface area contributed by atoms with E-state index in [-0.39, 0.29) is 12.0 Å². The van der Waals surface area contributed by atoms with E-state index in [0.717, 1.165) is 5.01 Å². The minimum atomic E-state index is -4.53. The summed E-state index contributed by atoms with van der Waals surface area (Å²) < 4.78 is 46.7. The van der Waals surface area contributed by atoms with Crippen LogP contribution in [0, 0.1) is 0 Å². The van der Waals surface area contributed by atoms with Gasteiger partial charge in [0.15, 0.2) is 6.04 Å². The van der Waals surface area contributed by atoms with Gasteiger partial charge in [0.25, 0.3) is 0 Å². The number of hydrogen-bond acceptors (Lipinski definition) is 3. The van der Waals surface area contributed by atoms with Gasteiger partial charge in [0, 0.05) is 12.0 Å². The topological polar surface area (TPSA) is 41.6 Å². The van der Waals surface area contributed by atoms with Gasteiger partial charge in [0.05, 0.1) is 0 Å². The Kier molecular flexibility index (Phi) is 4.61. The van der Waals surface area contributed by atoms with Crippen LogP contribution in [0.15, 0.2) is 24.3 Å². The number of halogens is 3. The van der Waals surface area contributed by atoms with Crippen LogP contribution in [0.1, 0.15) is 52.6 Å². The van der Waals surface area contributed by atoms with E-state index in [2.05, 4.69) is 5.43 Å². The first-order chi connectivity index (χ1) is 10.8. The predicted molar refractivity (Wildman–Crippen MR) is 84.3 cm³/mol. The van der Waals surface area contributed by atoms with Crippen molar-refractivity contribution in [3.63, 3.8) is 0 Å². The first kappa shape index (κ1) is 18.6. The third-order valence-corrected chi connectivity index (χ3v) is 3.68. The Balaban J connectivity index is 2.35. The molecule has 1 atom stereocenters. The number of alkyl halides is 3. The van der Waals surface area contributed by atoms with Crippen LogP contribution in [-0.4, -0.2) is 28.2 Å². The summed E-state index contributed by atoms with van der Waals surface area (Å²) in [6.07, 6.45) is -4.51. The Morgan fingerprint density at radius 1 is 1.17 bits per heavy atom. The summed E-state index contributed by atoms with van der Waals surface area (Å²) in [5.74, 6) is 0.0822. The highest BCUT2D eigenvalue weighted by atomic mass is 19.4. The second-order valence-electron chi connectivity index (χ2n) is 7.62. The van der Waals surface area contributed by atoms with Crippen molar-refractivity contribution in [2.24, 2.45) is 0 Å². The summed E-state index contributed by atoms with van der Waals surface area (Å²) in [4.78, 5) is 11.6. The lowest BCUT2D eigenvalue weighted by Crippen LogP contribution is -2.51. The van der Waals surface area contributed by atoms with E-state index in [1.165, 1.54) is 24.3 Å². The van der Waals surface area contributed by atoms with Crippen LogP contribution in [0.4, 0.5) is 13.2 Å². The fourth-order valence-corrected chi connectivity index (χ4v) is 2.77. The first-order valence-corrected chi connectivity index (χ1v) is 7.74. The molecule has 1 heterocycles. The average Bonchev–Trinajstić information content (AvgIpc) is 2.61. The summed E-state index contributed by atoms with van der Waals surface area (Å²) in [7, 11) is 0. The minimum Gasteiger partial charge on any atom is -0.488 e. The zero-order chi connectivity index (χ0) is 18.3. The number of amides is 1. The zero-order valence-electron chi connectivity index (χ0n) is 14.5. The lowest BCUT2D eigenvalue weighted by Gasteiger charge is -2.38. The van der Waals surface area contributed by atoms with Crippen molar-refractivity contribution < 1.29 is 22.7 Å². The van der Waals surface area contributed by atoms with E-state index in [4.69, 9.17) is 4.74 Å². The van der Waals surface area contributed by atoms with E-state index >= 15 is 0 Å². The lowest BCUT2D eigenvalue weighted by molar-refractivity contribution is -0.203. The highest BCUT2D eigenvalue weighted by Crippen LogP contribution is 2.43. The molecule has 0 aliphatic carbocycles. The molecule has 7 heteroatoms. The highest BCUT2D eigenvalue weighted by molar-refractivity contribution is 5.79. The van der Waals surface area contributed by atoms with Crippen molar-refractivity contribution in [1.29, 1.82) is 0 Å². The lowest BCUT2D eigenvalue weighted by atomic mass is 9.97. The fraction of sp³-hybridized carbons (Fsp3) is 0.588. The van der Waals surface area contributed by atoms with Gasteiger partial charge in [-0.25, -0.2) is 0 Å². The summed E-state index contributed by atoms with van der Waals surface area (Å²) in [6.45, 7) is 8.81. The van der Waals surface area contributed by atoms with Crippen LogP contribution in [0.2, 0.25) is 0 Å². The third-order valence-electron chi connectivity index (χ3n) is 3.68. The fourth-order valence-electron chi connectivity index (χ4n) is 2.77. The van der Waals surface area contributed by atoms with Gasteiger partial charge in [-0.15, -0.1) is 0 Å². The molecule has 0 radical (unpaired) electrons. The van der Waals surface area contributed by atoms with E-state index in [0.29, 0.717) is 5.75 Å². The van der Waals surface area contributed by atoms with Crippen molar-refractivity contribution in [3.8, 4) is 5.75 Å². The second-order valence-corrected chi connectivity index (χ2v) is 7.62. The molecule has 1 fully saturated rings. The van der Waals surface area contributed by atoms with Gasteiger partial charge in [-0.3, -0.25) is 10.2 Å². The molecule has 1 aliphatic heterocycles. The largest absolute Gasteiger partial charge is 0.488 e. The quantitative estimate of drug-likeness (QED) is 0.902. The number of nitrogens with one attached hydrogen (secondary N) is 1. The van der Waals surface area contributed by atoms with Crippen LogP contribution < -0.4 is 10.2 Å². The smallest absolute Gasteiger partial charge is 0.409 e. The number of ether oxygens (including phenoxy) is 1. The summed E-state index contributed by atoms with van der Waals surface area (Å²) in [6, 6.07) is 3.90. The van der Waals surface area contributed by atoms with Crippen LogP contribution in [0.5, 0.6) is 5.75 Å². The number of benzene rings is 1. The van der Waals surface area contributed by atoms with Gasteiger partial charge in [-0.05, 0) is 52.3 Å². The second kappa shape index (κ2) is 5.95. The Hall–Kier alpha value is -1.76. The SMILES string of the molecule is CC(C)(C)Oc1ccc([C@H](N2NC(=O)CC2(C)C)C(F)(F)F)cc1. The maximum atomic E-state index is 13.7. The zero-order valence-corrected chi connectivity index (χ0v) is 14.5. The van der Waals surface area contributed by atoms with E-state index in [1.807, 2.05) is 20.8 Å². The molecule has 4 nitrogen and oxygen atoms in total. The normalized spacial score (nSPS) is 19.9. The monoisotopic (exact) mass is 344 g/mol. The predicted octanol–water partition coefficient (Wildman–Crippen LogP) is 3.98. The van der Waals surface area contributed by atoms with Gasteiger partial charge in [-0.1, -0.05) is 12.1 Å². The van der Waals surface area contributed by atoms with Gasteiger partial charge in [-0.2, -0.15) is 18.2 Å². The average molecular weight is 344 g/mol. The standard InChI is InChI=1S/C17H23F3N2O2/c1-15(2,3)24-12-8-6-11(7-9-12)14(17(18,19)20)22-16(4,5)10-13(23)21-22/h6-9,14H,10H2,1-5H3,(H,21,23)/t14-/m0/s1. The Bertz CT molecular complexity index is 604. The first-order valence-electron chi connectivity index (χ1n) is 7.74. The molecule has 0 saturated carbocycles. The Morgan fingerprint density at radius 2 is 1.71 bits per heavy atom. The van der Waals surface area contributed by atoms with Crippen LogP contribution in [0.3, 0.4) is 0 Å².